The van der Waals surface area contributed by atoms with Crippen molar-refractivity contribution in [2.24, 2.45) is 0 Å². The lowest BCUT2D eigenvalue weighted by Crippen LogP contribution is -2.46. The summed E-state index contributed by atoms with van der Waals surface area (Å²) in [5, 5.41) is 10.8. The van der Waals surface area contributed by atoms with Crippen molar-refractivity contribution in [1.29, 1.82) is 0 Å². The van der Waals surface area contributed by atoms with E-state index in [0.29, 0.717) is 43.6 Å². The number of aromatic nitrogens is 3. The Balaban J connectivity index is 1.73. The van der Waals surface area contributed by atoms with Gasteiger partial charge in [-0.2, -0.15) is 10.1 Å². The average Bonchev–Trinajstić information content (AvgIpc) is 2.57. The van der Waals surface area contributed by atoms with Gasteiger partial charge in [-0.1, -0.05) is 12.1 Å². The van der Waals surface area contributed by atoms with Gasteiger partial charge in [0.25, 0.3) is 0 Å². The molecule has 7 nitrogen and oxygen atoms in total. The Kier molecular flexibility index (Phi) is 4.08. The number of benzene rings is 1. The number of anilines is 3. The van der Waals surface area contributed by atoms with Crippen LogP contribution in [0.3, 0.4) is 0 Å². The van der Waals surface area contributed by atoms with Crippen molar-refractivity contribution >= 4 is 23.9 Å². The van der Waals surface area contributed by atoms with Gasteiger partial charge in [0.1, 0.15) is 5.82 Å². The summed E-state index contributed by atoms with van der Waals surface area (Å²) in [5.41, 5.74) is 0.333. The molecule has 8 heteroatoms. The third-order valence-electron chi connectivity index (χ3n) is 3.43. The van der Waals surface area contributed by atoms with Gasteiger partial charge in [0.2, 0.25) is 12.4 Å². The smallest absolute Gasteiger partial charge is 0.247 e. The Bertz CT molecular complexity index is 659. The summed E-state index contributed by atoms with van der Waals surface area (Å²) in [4.78, 5) is 18.7. The van der Waals surface area contributed by atoms with Crippen molar-refractivity contribution in [3.8, 4) is 0 Å². The second-order valence-electron chi connectivity index (χ2n) is 4.87. The standard InChI is InChI=1S/C14H15FN6O/c15-11-3-1-2-4-12(11)17-13-9-16-19-14(18-13)21-7-5-20(10-22)6-8-21/h1-4,9-10H,5-8H2,(H,17,18,19). The van der Waals surface area contributed by atoms with Crippen LogP contribution >= 0.6 is 0 Å². The fourth-order valence-corrected chi connectivity index (χ4v) is 2.22. The zero-order chi connectivity index (χ0) is 15.4. The van der Waals surface area contributed by atoms with E-state index in [2.05, 4.69) is 20.5 Å². The topological polar surface area (TPSA) is 74.2 Å². The van der Waals surface area contributed by atoms with Crippen LogP contribution in [0.25, 0.3) is 0 Å². The number of piperazine rings is 1. The van der Waals surface area contributed by atoms with Gasteiger partial charge in [-0.25, -0.2) is 4.39 Å². The molecule has 1 aromatic heterocycles. The molecular formula is C14H15FN6O. The maximum Gasteiger partial charge on any atom is 0.247 e. The zero-order valence-electron chi connectivity index (χ0n) is 11.8. The second kappa shape index (κ2) is 6.33. The molecule has 22 heavy (non-hydrogen) atoms. The van der Waals surface area contributed by atoms with Crippen LogP contribution in [-0.2, 0) is 4.79 Å². The van der Waals surface area contributed by atoms with Crippen molar-refractivity contribution in [2.75, 3.05) is 36.4 Å². The van der Waals surface area contributed by atoms with Crippen LogP contribution in [0.4, 0.5) is 21.8 Å². The number of amides is 1. The van der Waals surface area contributed by atoms with E-state index in [4.69, 9.17) is 0 Å². The molecule has 0 saturated carbocycles. The van der Waals surface area contributed by atoms with E-state index in [9.17, 15) is 9.18 Å². The Morgan fingerprint density at radius 3 is 2.68 bits per heavy atom. The predicted octanol–water partition coefficient (Wildman–Crippen LogP) is 1.03. The lowest BCUT2D eigenvalue weighted by Gasteiger charge is -2.32. The van der Waals surface area contributed by atoms with Crippen molar-refractivity contribution < 1.29 is 9.18 Å². The molecule has 114 valence electrons. The van der Waals surface area contributed by atoms with Crippen LogP contribution in [-0.4, -0.2) is 52.7 Å². The molecule has 2 heterocycles. The summed E-state index contributed by atoms with van der Waals surface area (Å²) >= 11 is 0. The summed E-state index contributed by atoms with van der Waals surface area (Å²) < 4.78 is 13.6. The van der Waals surface area contributed by atoms with Crippen molar-refractivity contribution in [1.82, 2.24) is 20.1 Å². The number of para-hydroxylation sites is 1. The fraction of sp³-hybridized carbons (Fsp3) is 0.286. The van der Waals surface area contributed by atoms with Crippen molar-refractivity contribution in [2.45, 2.75) is 0 Å². The van der Waals surface area contributed by atoms with Crippen LogP contribution < -0.4 is 10.2 Å². The Morgan fingerprint density at radius 1 is 1.18 bits per heavy atom. The summed E-state index contributed by atoms with van der Waals surface area (Å²) in [5.74, 6) is 0.530. The zero-order valence-corrected chi connectivity index (χ0v) is 11.8. The largest absolute Gasteiger partial charge is 0.342 e. The molecule has 1 saturated heterocycles. The Hall–Kier alpha value is -2.77. The maximum absolute atomic E-state index is 13.6. The lowest BCUT2D eigenvalue weighted by atomic mass is 10.3. The third-order valence-corrected chi connectivity index (χ3v) is 3.43. The quantitative estimate of drug-likeness (QED) is 0.850. The van der Waals surface area contributed by atoms with Gasteiger partial charge in [-0.3, -0.25) is 4.79 Å². The van der Waals surface area contributed by atoms with E-state index < -0.39 is 0 Å². The first-order valence-electron chi connectivity index (χ1n) is 6.92. The molecule has 0 radical (unpaired) electrons. The van der Waals surface area contributed by atoms with E-state index in [-0.39, 0.29) is 5.82 Å². The molecule has 2 aromatic rings. The van der Waals surface area contributed by atoms with Gasteiger partial charge in [0, 0.05) is 26.2 Å². The number of nitrogens with zero attached hydrogens (tertiary/aromatic N) is 5. The summed E-state index contributed by atoms with van der Waals surface area (Å²) in [7, 11) is 0. The number of halogens is 1. The molecule has 1 amide bonds. The Morgan fingerprint density at radius 2 is 1.95 bits per heavy atom. The lowest BCUT2D eigenvalue weighted by molar-refractivity contribution is -0.118. The minimum Gasteiger partial charge on any atom is -0.342 e. The first-order chi connectivity index (χ1) is 10.8. The molecule has 0 spiro atoms. The fourth-order valence-electron chi connectivity index (χ4n) is 2.22. The molecule has 1 aliphatic rings. The third kappa shape index (κ3) is 3.11. The predicted molar refractivity (Wildman–Crippen MR) is 79.4 cm³/mol. The molecule has 0 aliphatic carbocycles. The summed E-state index contributed by atoms with van der Waals surface area (Å²) in [6.45, 7) is 2.53. The minimum absolute atomic E-state index is 0.333. The highest BCUT2D eigenvalue weighted by atomic mass is 19.1. The first kappa shape index (κ1) is 14.2. The first-order valence-corrected chi connectivity index (χ1v) is 6.92. The van der Waals surface area contributed by atoms with Crippen LogP contribution in [0, 0.1) is 5.82 Å². The number of carbonyl (C=O) groups is 1. The van der Waals surface area contributed by atoms with Gasteiger partial charge >= 0.3 is 0 Å². The van der Waals surface area contributed by atoms with Gasteiger partial charge in [0.15, 0.2) is 5.82 Å². The molecule has 1 fully saturated rings. The van der Waals surface area contributed by atoms with Crippen LogP contribution in [0.2, 0.25) is 0 Å². The normalized spacial score (nSPS) is 14.8. The number of carbonyl (C=O) groups excluding carboxylic acids is 1. The molecule has 0 atom stereocenters. The summed E-state index contributed by atoms with van der Waals surface area (Å²) in [6.07, 6.45) is 2.28. The maximum atomic E-state index is 13.6. The van der Waals surface area contributed by atoms with Crippen LogP contribution in [0.1, 0.15) is 0 Å². The van der Waals surface area contributed by atoms with Crippen LogP contribution in [0.5, 0.6) is 0 Å². The second-order valence-corrected chi connectivity index (χ2v) is 4.87. The van der Waals surface area contributed by atoms with E-state index in [1.165, 1.54) is 12.3 Å². The molecule has 1 N–H and O–H groups in total. The average molecular weight is 302 g/mol. The highest BCUT2D eigenvalue weighted by Crippen LogP contribution is 2.19. The number of hydrogen-bond acceptors (Lipinski definition) is 6. The Labute approximate surface area is 126 Å². The minimum atomic E-state index is -0.359. The number of rotatable bonds is 4. The van der Waals surface area contributed by atoms with E-state index >= 15 is 0 Å². The molecular weight excluding hydrogens is 287 g/mol. The van der Waals surface area contributed by atoms with E-state index in [1.807, 2.05) is 4.90 Å². The van der Waals surface area contributed by atoms with Gasteiger partial charge in [-0.15, -0.1) is 5.10 Å². The van der Waals surface area contributed by atoms with Crippen molar-refractivity contribution in [3.63, 3.8) is 0 Å². The summed E-state index contributed by atoms with van der Waals surface area (Å²) in [6, 6.07) is 6.35. The highest BCUT2D eigenvalue weighted by molar-refractivity contribution is 5.57. The van der Waals surface area contributed by atoms with E-state index in [0.717, 1.165) is 6.41 Å². The number of hydrogen-bond donors (Lipinski definition) is 1. The highest BCUT2D eigenvalue weighted by Gasteiger charge is 2.18. The molecule has 0 bridgehead atoms. The molecule has 1 aliphatic heterocycles. The molecule has 3 rings (SSSR count). The van der Waals surface area contributed by atoms with Gasteiger partial charge in [-0.05, 0) is 12.1 Å². The van der Waals surface area contributed by atoms with Crippen LogP contribution in [0.15, 0.2) is 30.5 Å². The van der Waals surface area contributed by atoms with E-state index in [1.54, 1.807) is 23.1 Å². The van der Waals surface area contributed by atoms with Crippen molar-refractivity contribution in [3.05, 3.63) is 36.3 Å². The SMILES string of the molecule is O=CN1CCN(c2nncc(Nc3ccccc3F)n2)CC1. The van der Waals surface area contributed by atoms with Gasteiger partial charge < -0.3 is 15.1 Å². The molecule has 1 aromatic carbocycles. The molecule has 0 unspecified atom stereocenters. The number of nitrogens with one attached hydrogen (secondary N) is 1. The monoisotopic (exact) mass is 302 g/mol. The van der Waals surface area contributed by atoms with Gasteiger partial charge in [0.05, 0.1) is 11.9 Å².